The Hall–Kier alpha value is -3.13. The first kappa shape index (κ1) is 21.6. The molecule has 0 radical (unpaired) electrons. The number of benzene rings is 2. The number of aryl methyl sites for hydroxylation is 1. The molecule has 0 saturated heterocycles. The van der Waals surface area contributed by atoms with E-state index in [2.05, 4.69) is 15.6 Å². The first-order valence-corrected chi connectivity index (χ1v) is 10.4. The highest BCUT2D eigenvalue weighted by atomic mass is 32.2. The van der Waals surface area contributed by atoms with Crippen LogP contribution in [0.25, 0.3) is 0 Å². The molecule has 1 amide bonds. The topological polar surface area (TPSA) is 79.8 Å². The number of anilines is 2. The van der Waals surface area contributed by atoms with Crippen LogP contribution in [0.15, 0.2) is 59.2 Å². The van der Waals surface area contributed by atoms with Crippen molar-refractivity contribution in [1.29, 1.82) is 0 Å². The molecule has 30 heavy (non-hydrogen) atoms. The van der Waals surface area contributed by atoms with Gasteiger partial charge in [-0.3, -0.25) is 9.59 Å². The van der Waals surface area contributed by atoms with Crippen molar-refractivity contribution in [2.45, 2.75) is 20.3 Å². The third-order valence-electron chi connectivity index (χ3n) is 4.18. The molecule has 0 bridgehead atoms. The molecular weight excluding hydrogens is 405 g/mol. The van der Waals surface area contributed by atoms with Gasteiger partial charge < -0.3 is 15.4 Å². The van der Waals surface area contributed by atoms with Crippen LogP contribution in [0.3, 0.4) is 0 Å². The van der Waals surface area contributed by atoms with Crippen LogP contribution >= 0.6 is 11.8 Å². The minimum absolute atomic E-state index is 0.0721. The van der Waals surface area contributed by atoms with Crippen molar-refractivity contribution < 1.29 is 18.7 Å². The lowest BCUT2D eigenvalue weighted by atomic mass is 10.2. The lowest BCUT2D eigenvalue weighted by molar-refractivity contribution is -0.142. The molecule has 6 nitrogen and oxygen atoms in total. The van der Waals surface area contributed by atoms with Crippen LogP contribution in [0.4, 0.5) is 21.5 Å². The van der Waals surface area contributed by atoms with Crippen LogP contribution in [-0.4, -0.2) is 29.3 Å². The number of thioether (sulfide) groups is 1. The number of halogens is 1. The van der Waals surface area contributed by atoms with Crippen LogP contribution in [0.1, 0.15) is 18.9 Å². The van der Waals surface area contributed by atoms with Crippen LogP contribution < -0.4 is 10.6 Å². The fraction of sp³-hybridized carbons (Fsp3) is 0.227. The van der Waals surface area contributed by atoms with Gasteiger partial charge in [0.05, 0.1) is 35.2 Å². The van der Waals surface area contributed by atoms with Crippen LogP contribution in [0.5, 0.6) is 0 Å². The molecule has 2 aromatic rings. The monoisotopic (exact) mass is 427 g/mol. The Bertz CT molecular complexity index is 1020. The van der Waals surface area contributed by atoms with Crippen molar-refractivity contribution >= 4 is 45.7 Å². The highest BCUT2D eigenvalue weighted by molar-refractivity contribution is 8.14. The van der Waals surface area contributed by atoms with E-state index < -0.39 is 0 Å². The van der Waals surface area contributed by atoms with Gasteiger partial charge in [0.2, 0.25) is 5.91 Å². The summed E-state index contributed by atoms with van der Waals surface area (Å²) in [5.41, 5.74) is 3.34. The zero-order valence-electron chi connectivity index (χ0n) is 16.7. The summed E-state index contributed by atoms with van der Waals surface area (Å²) in [6.45, 7) is 3.79. The molecule has 1 aliphatic heterocycles. The Labute approximate surface area is 178 Å². The number of para-hydroxylation sites is 2. The van der Waals surface area contributed by atoms with E-state index in [0.717, 1.165) is 5.69 Å². The maximum atomic E-state index is 13.2. The van der Waals surface area contributed by atoms with E-state index in [1.165, 1.54) is 30.0 Å². The number of nitrogens with one attached hydrogen (secondary N) is 2. The highest BCUT2D eigenvalue weighted by Crippen LogP contribution is 2.31. The zero-order chi connectivity index (χ0) is 21.5. The lowest BCUT2D eigenvalue weighted by Crippen LogP contribution is -2.16. The van der Waals surface area contributed by atoms with E-state index >= 15 is 0 Å². The number of carbonyl (C=O) groups excluding carboxylic acids is 2. The van der Waals surface area contributed by atoms with E-state index in [1.54, 1.807) is 19.9 Å². The Balaban J connectivity index is 1.72. The number of ether oxygens (including phenoxy) is 1. The molecular formula is C22H22FN3O3S. The number of rotatable bonds is 6. The number of aliphatic imine (C=N–C) groups is 1. The lowest BCUT2D eigenvalue weighted by Gasteiger charge is -2.10. The van der Waals surface area contributed by atoms with Crippen molar-refractivity contribution in [3.8, 4) is 0 Å². The Kier molecular flexibility index (Phi) is 7.24. The summed E-state index contributed by atoms with van der Waals surface area (Å²) in [4.78, 5) is 28.9. The summed E-state index contributed by atoms with van der Waals surface area (Å²) in [6.07, 6.45) is 1.82. The number of nitrogens with zero attached hydrogens (tertiary/aromatic N) is 1. The second-order valence-corrected chi connectivity index (χ2v) is 7.54. The standard InChI is InChI=1S/C22H22FN3O3S/c1-3-29-22(28)12-16-11-21(26-19-7-5-4-6-18(19)24-16)30-13-20(27)25-17-9-8-15(23)10-14(17)2/h4-11,24H,3,12-13H2,1-2H3,(H,25,27). The van der Waals surface area contributed by atoms with Gasteiger partial charge in [0.1, 0.15) is 5.82 Å². The summed E-state index contributed by atoms with van der Waals surface area (Å²) >= 11 is 1.25. The Morgan fingerprint density at radius 1 is 1.23 bits per heavy atom. The average Bonchev–Trinajstić information content (AvgIpc) is 2.87. The van der Waals surface area contributed by atoms with Gasteiger partial charge >= 0.3 is 5.97 Å². The SMILES string of the molecule is CCOC(=O)CC1=CC(SCC(=O)Nc2ccc(F)cc2C)=Nc2ccccc2N1. The Morgan fingerprint density at radius 2 is 2.03 bits per heavy atom. The van der Waals surface area contributed by atoms with Gasteiger partial charge in [-0.05, 0) is 55.8 Å². The van der Waals surface area contributed by atoms with Crippen molar-refractivity contribution in [2.75, 3.05) is 23.0 Å². The third kappa shape index (κ3) is 5.93. The van der Waals surface area contributed by atoms with Crippen LogP contribution in [0.2, 0.25) is 0 Å². The molecule has 0 unspecified atom stereocenters. The number of hydrogen-bond acceptors (Lipinski definition) is 6. The maximum absolute atomic E-state index is 13.2. The largest absolute Gasteiger partial charge is 0.466 e. The molecule has 0 spiro atoms. The van der Waals surface area contributed by atoms with Crippen molar-refractivity contribution in [3.05, 3.63) is 65.6 Å². The van der Waals surface area contributed by atoms with Gasteiger partial charge in [-0.15, -0.1) is 0 Å². The number of amides is 1. The smallest absolute Gasteiger partial charge is 0.311 e. The first-order valence-electron chi connectivity index (χ1n) is 9.44. The van der Waals surface area contributed by atoms with Gasteiger partial charge in [-0.2, -0.15) is 0 Å². The van der Waals surface area contributed by atoms with Gasteiger partial charge in [-0.1, -0.05) is 23.9 Å². The van der Waals surface area contributed by atoms with E-state index in [9.17, 15) is 14.0 Å². The second-order valence-electron chi connectivity index (χ2n) is 6.54. The summed E-state index contributed by atoms with van der Waals surface area (Å²) in [5.74, 6) is -0.813. The van der Waals surface area contributed by atoms with Crippen LogP contribution in [-0.2, 0) is 14.3 Å². The number of carbonyl (C=O) groups is 2. The van der Waals surface area contributed by atoms with Crippen molar-refractivity contribution in [3.63, 3.8) is 0 Å². The van der Waals surface area contributed by atoms with Gasteiger partial charge in [0, 0.05) is 11.4 Å². The molecule has 0 atom stereocenters. The third-order valence-corrected chi connectivity index (χ3v) is 5.09. The van der Waals surface area contributed by atoms with Crippen molar-refractivity contribution in [1.82, 2.24) is 0 Å². The fourth-order valence-electron chi connectivity index (χ4n) is 2.82. The molecule has 2 aromatic carbocycles. The van der Waals surface area contributed by atoms with Crippen LogP contribution in [0, 0.1) is 12.7 Å². The number of hydrogen-bond donors (Lipinski definition) is 2. The molecule has 0 saturated carbocycles. The maximum Gasteiger partial charge on any atom is 0.311 e. The van der Waals surface area contributed by atoms with E-state index in [1.807, 2.05) is 24.3 Å². The Morgan fingerprint density at radius 3 is 2.80 bits per heavy atom. The fourth-order valence-corrected chi connectivity index (χ4v) is 3.56. The minimum atomic E-state index is -0.349. The van der Waals surface area contributed by atoms with Crippen molar-refractivity contribution in [2.24, 2.45) is 4.99 Å². The summed E-state index contributed by atoms with van der Waals surface area (Å²) in [6, 6.07) is 11.7. The van der Waals surface area contributed by atoms with E-state index in [4.69, 9.17) is 4.74 Å². The highest BCUT2D eigenvalue weighted by Gasteiger charge is 2.16. The van der Waals surface area contributed by atoms with Gasteiger partial charge in [0.25, 0.3) is 0 Å². The molecule has 1 heterocycles. The van der Waals surface area contributed by atoms with E-state index in [-0.39, 0.29) is 29.9 Å². The molecule has 156 valence electrons. The molecule has 0 aliphatic carbocycles. The average molecular weight is 428 g/mol. The predicted molar refractivity (Wildman–Crippen MR) is 119 cm³/mol. The summed E-state index contributed by atoms with van der Waals surface area (Å²) in [5, 5.41) is 6.59. The molecule has 8 heteroatoms. The second kappa shape index (κ2) is 10.1. The van der Waals surface area contributed by atoms with Gasteiger partial charge in [-0.25, -0.2) is 9.38 Å². The predicted octanol–water partition coefficient (Wildman–Crippen LogP) is 4.80. The summed E-state index contributed by atoms with van der Waals surface area (Å²) in [7, 11) is 0. The normalized spacial score (nSPS) is 12.6. The molecule has 2 N–H and O–H groups in total. The molecule has 0 aromatic heterocycles. The quantitative estimate of drug-likeness (QED) is 0.648. The number of fused-ring (bicyclic) bond motifs is 1. The van der Waals surface area contributed by atoms with Gasteiger partial charge in [0.15, 0.2) is 0 Å². The van der Waals surface area contributed by atoms with E-state index in [0.29, 0.717) is 34.3 Å². The number of esters is 1. The zero-order valence-corrected chi connectivity index (χ0v) is 17.5. The molecule has 0 fully saturated rings. The first-order chi connectivity index (χ1) is 14.4. The molecule has 3 rings (SSSR count). The molecule has 1 aliphatic rings. The minimum Gasteiger partial charge on any atom is -0.466 e. The summed E-state index contributed by atoms with van der Waals surface area (Å²) < 4.78 is 18.3.